The molecule has 0 saturated heterocycles. The molecule has 0 aromatic rings. The van der Waals surface area contributed by atoms with Gasteiger partial charge in [-0.3, -0.25) is 0 Å². The van der Waals surface area contributed by atoms with Crippen molar-refractivity contribution in [1.82, 2.24) is 0 Å². The second-order valence-electron chi connectivity index (χ2n) is 0.885. The zero-order valence-electron chi connectivity index (χ0n) is 3.99. The average molecular weight is 283 g/mol. The molecule has 64 valence electrons. The largest absolute Gasteiger partial charge is 2.00 e. The summed E-state index contributed by atoms with van der Waals surface area (Å²) in [6, 6.07) is 0. The minimum atomic E-state index is -5.43. The summed E-state index contributed by atoms with van der Waals surface area (Å²) in [4.78, 5) is 0. The van der Waals surface area contributed by atoms with E-state index < -0.39 is 20.8 Å². The Kier molecular flexibility index (Phi) is 4.87. The summed E-state index contributed by atoms with van der Waals surface area (Å²) >= 11 is 0. The molecule has 0 saturated carbocycles. The number of hydrogen-bond acceptors (Lipinski definition) is 7. The molecule has 0 unspecified atom stereocenters. The van der Waals surface area contributed by atoms with Crippen LogP contribution in [0, 0.1) is 0 Å². The van der Waals surface area contributed by atoms with E-state index in [9.17, 15) is 25.9 Å². The summed E-state index contributed by atoms with van der Waals surface area (Å²) in [5.41, 5.74) is 0. The van der Waals surface area contributed by atoms with Crippen molar-refractivity contribution in [2.75, 3.05) is 0 Å². The predicted octanol–water partition coefficient (Wildman–Crippen LogP) is -2.08. The topological polar surface area (TPSA) is 124 Å². The quantitative estimate of drug-likeness (QED) is 0.323. The Morgan fingerprint density at radius 2 is 1.10 bits per heavy atom. The fraction of sp³-hybridized carbons (Fsp3) is 0. The van der Waals surface area contributed by atoms with Crippen LogP contribution in [0.1, 0.15) is 0 Å². The Hall–Kier alpha value is 0.442. The Labute approximate surface area is 70.9 Å². The second-order valence-corrected chi connectivity index (χ2v) is 3.06. The Bertz CT molecular complexity index is 237. The molecule has 10 heteroatoms. The van der Waals surface area contributed by atoms with Gasteiger partial charge in [-0.2, -0.15) is 3.63 Å². The molecule has 0 aromatic heterocycles. The van der Waals surface area contributed by atoms with Gasteiger partial charge < -0.3 is 9.11 Å². The van der Waals surface area contributed by atoms with Crippen LogP contribution in [0.3, 0.4) is 0 Å². The minimum absolute atomic E-state index is 0. The zero-order chi connectivity index (χ0) is 7.71. The Balaban J connectivity index is 0. The van der Waals surface area contributed by atoms with E-state index in [-0.39, 0.29) is 20.4 Å². The maximum absolute atomic E-state index is 9.29. The Morgan fingerprint density at radius 1 is 0.900 bits per heavy atom. The first kappa shape index (κ1) is 13.1. The van der Waals surface area contributed by atoms with Crippen LogP contribution in [0.5, 0.6) is 0 Å². The third-order valence-electron chi connectivity index (χ3n) is 0.167. The van der Waals surface area contributed by atoms with Crippen LogP contribution in [-0.2, 0) is 44.9 Å². The van der Waals surface area contributed by atoms with Gasteiger partial charge in [0.2, 0.25) is 20.8 Å². The van der Waals surface area contributed by atoms with E-state index >= 15 is 0 Å². The average Bonchev–Trinajstić information content (AvgIpc) is 1.14. The van der Waals surface area contributed by atoms with Crippen molar-refractivity contribution >= 4 is 20.8 Å². The zero-order valence-corrected chi connectivity index (χ0v) is 7.18. The first-order chi connectivity index (χ1) is 3.71. The summed E-state index contributed by atoms with van der Waals surface area (Å²) in [5, 5.41) is 0. The molecular weight excluding hydrogens is 283 g/mol. The van der Waals surface area contributed by atoms with E-state index in [4.69, 9.17) is 0 Å². The van der Waals surface area contributed by atoms with E-state index in [1.54, 1.807) is 0 Å². The maximum Gasteiger partial charge on any atom is 2.00 e. The summed E-state index contributed by atoms with van der Waals surface area (Å²) < 4.78 is 58.2. The first-order valence-corrected chi connectivity index (χ1v) is 4.00. The summed E-state index contributed by atoms with van der Waals surface area (Å²) in [7, 11) is -10.9. The normalized spacial score (nSPS) is 12.2. The van der Waals surface area contributed by atoms with E-state index in [0.717, 1.165) is 0 Å². The van der Waals surface area contributed by atoms with Crippen LogP contribution in [0.25, 0.3) is 0 Å². The SMILES string of the molecule is O=S(=O)([O-])OS(=O)(=O)[O-].[Pd+2]. The standard InChI is InChI=1S/H2O7S2.Pd/c1-8(2,3)7-9(4,5)6;/h(H,1,2,3)(H,4,5,6);/q;+2/p-2. The molecule has 0 rings (SSSR count). The molecule has 0 aliphatic carbocycles. The van der Waals surface area contributed by atoms with Crippen molar-refractivity contribution in [3.63, 3.8) is 0 Å². The van der Waals surface area contributed by atoms with Gasteiger partial charge in [-0.15, -0.1) is 0 Å². The van der Waals surface area contributed by atoms with Gasteiger partial charge in [0.25, 0.3) is 0 Å². The van der Waals surface area contributed by atoms with Gasteiger partial charge in [0.15, 0.2) is 0 Å². The van der Waals surface area contributed by atoms with Gasteiger partial charge >= 0.3 is 20.4 Å². The minimum Gasteiger partial charge on any atom is -0.725 e. The molecule has 0 aliphatic heterocycles. The predicted molar refractivity (Wildman–Crippen MR) is 20.5 cm³/mol. The molecule has 0 fully saturated rings. The molecule has 7 nitrogen and oxygen atoms in total. The molecule has 0 aliphatic rings. The summed E-state index contributed by atoms with van der Waals surface area (Å²) in [6.07, 6.45) is 0. The fourth-order valence-electron chi connectivity index (χ4n) is 0.102. The first-order valence-electron chi connectivity index (χ1n) is 1.33. The van der Waals surface area contributed by atoms with Crippen molar-refractivity contribution in [2.45, 2.75) is 0 Å². The molecule has 0 amide bonds. The van der Waals surface area contributed by atoms with Crippen LogP contribution in [0.15, 0.2) is 0 Å². The van der Waals surface area contributed by atoms with Crippen molar-refractivity contribution in [3.05, 3.63) is 0 Å². The fourth-order valence-corrected chi connectivity index (χ4v) is 0.919. The van der Waals surface area contributed by atoms with Crippen LogP contribution in [0.4, 0.5) is 0 Å². The monoisotopic (exact) mass is 282 g/mol. The Morgan fingerprint density at radius 3 is 1.10 bits per heavy atom. The van der Waals surface area contributed by atoms with Gasteiger partial charge in [0, 0.05) is 0 Å². The number of rotatable bonds is 2. The molecule has 0 bridgehead atoms. The van der Waals surface area contributed by atoms with Gasteiger partial charge in [0.05, 0.1) is 0 Å². The van der Waals surface area contributed by atoms with Crippen molar-refractivity contribution in [2.24, 2.45) is 0 Å². The van der Waals surface area contributed by atoms with Crippen molar-refractivity contribution in [1.29, 1.82) is 0 Å². The van der Waals surface area contributed by atoms with Crippen LogP contribution < -0.4 is 0 Å². The van der Waals surface area contributed by atoms with Gasteiger partial charge in [0.1, 0.15) is 0 Å². The molecule has 0 atom stereocenters. The third kappa shape index (κ3) is 11.3. The van der Waals surface area contributed by atoms with Crippen LogP contribution in [-0.4, -0.2) is 25.9 Å². The van der Waals surface area contributed by atoms with E-state index in [1.165, 1.54) is 0 Å². The molecule has 0 spiro atoms. The maximum atomic E-state index is 9.29. The van der Waals surface area contributed by atoms with E-state index in [2.05, 4.69) is 3.63 Å². The molecule has 0 heterocycles. The van der Waals surface area contributed by atoms with Gasteiger partial charge in [-0.1, -0.05) is 0 Å². The smallest absolute Gasteiger partial charge is 0.725 e. The van der Waals surface area contributed by atoms with E-state index in [1.807, 2.05) is 0 Å². The summed E-state index contributed by atoms with van der Waals surface area (Å²) in [6.45, 7) is 0. The summed E-state index contributed by atoms with van der Waals surface area (Å²) in [5.74, 6) is 0. The van der Waals surface area contributed by atoms with Crippen LogP contribution in [0.2, 0.25) is 0 Å². The van der Waals surface area contributed by atoms with Crippen LogP contribution >= 0.6 is 0 Å². The van der Waals surface area contributed by atoms with Crippen molar-refractivity contribution in [3.8, 4) is 0 Å². The second kappa shape index (κ2) is 3.72. The van der Waals surface area contributed by atoms with Gasteiger partial charge in [-0.05, 0) is 0 Å². The molecule has 10 heavy (non-hydrogen) atoms. The molecule has 0 N–H and O–H groups in total. The molecule has 0 radical (unpaired) electrons. The third-order valence-corrected chi connectivity index (χ3v) is 1.50. The van der Waals surface area contributed by atoms with Crippen molar-refractivity contribution < 1.29 is 50.0 Å². The number of hydrogen-bond donors (Lipinski definition) is 0. The van der Waals surface area contributed by atoms with E-state index in [0.29, 0.717) is 0 Å². The molecular formula is O7PdS2. The molecule has 0 aromatic carbocycles. The van der Waals surface area contributed by atoms with Gasteiger partial charge in [-0.25, -0.2) is 16.8 Å².